The van der Waals surface area contributed by atoms with Gasteiger partial charge in [-0.3, -0.25) is 14.4 Å². The van der Waals surface area contributed by atoms with Crippen molar-refractivity contribution in [2.45, 2.75) is 354 Å². The molecular weight excluding hydrogens is 1010 g/mol. The van der Waals surface area contributed by atoms with Crippen molar-refractivity contribution in [3.05, 3.63) is 97.2 Å². The standard InChI is InChI=1S/C76H132O6/c1-4-7-10-13-16-19-22-25-27-29-30-31-32-33-34-35-36-37-38-39-40-41-42-43-44-45-46-48-49-51-54-57-60-63-66-69-75(78)81-72-73(71-80-74(77)68-65-62-59-56-53-24-21-18-15-12-9-6-3)82-76(79)70-67-64-61-58-55-52-50-47-28-26-23-20-17-14-11-8-5-2/h7,10,16,19,25,27,30-31,33-34,36-37,39-40,42-43,73H,4-6,8-9,11-15,17-18,20-24,26,28-29,32,35,38,41,44-72H2,1-3H3/b10-7-,19-16-,27-25-,31-30-,34-33-,37-36-,40-39-,43-42-. The van der Waals surface area contributed by atoms with E-state index in [1.165, 1.54) is 199 Å². The quantitative estimate of drug-likeness (QED) is 0.0261. The van der Waals surface area contributed by atoms with Gasteiger partial charge in [-0.05, 0) is 83.5 Å². The number of allylic oxidation sites excluding steroid dienone is 16. The first-order chi connectivity index (χ1) is 40.5. The Morgan fingerprint density at radius 3 is 0.744 bits per heavy atom. The van der Waals surface area contributed by atoms with Gasteiger partial charge in [0.25, 0.3) is 0 Å². The van der Waals surface area contributed by atoms with Crippen LogP contribution in [0.5, 0.6) is 0 Å². The molecule has 0 aliphatic carbocycles. The third kappa shape index (κ3) is 67.1. The summed E-state index contributed by atoms with van der Waals surface area (Å²) in [6.07, 6.45) is 94.3. The fraction of sp³-hybridized carbons (Fsp3) is 0.750. The molecule has 6 heteroatoms. The minimum Gasteiger partial charge on any atom is -0.462 e. The largest absolute Gasteiger partial charge is 0.462 e. The minimum absolute atomic E-state index is 0.0721. The van der Waals surface area contributed by atoms with E-state index in [-0.39, 0.29) is 31.1 Å². The van der Waals surface area contributed by atoms with Crippen molar-refractivity contribution >= 4 is 17.9 Å². The molecule has 0 heterocycles. The third-order valence-electron chi connectivity index (χ3n) is 15.4. The fourth-order valence-electron chi connectivity index (χ4n) is 10.1. The van der Waals surface area contributed by atoms with E-state index < -0.39 is 6.10 Å². The number of carbonyl (C=O) groups excluding carboxylic acids is 3. The van der Waals surface area contributed by atoms with E-state index in [4.69, 9.17) is 14.2 Å². The lowest BCUT2D eigenvalue weighted by atomic mass is 10.0. The molecule has 0 aliphatic heterocycles. The summed E-state index contributed by atoms with van der Waals surface area (Å²) in [5.41, 5.74) is 0. The zero-order chi connectivity index (χ0) is 59.2. The van der Waals surface area contributed by atoms with E-state index in [0.29, 0.717) is 19.3 Å². The Labute approximate surface area is 508 Å². The second-order valence-corrected chi connectivity index (χ2v) is 23.4. The lowest BCUT2D eigenvalue weighted by Gasteiger charge is -2.18. The van der Waals surface area contributed by atoms with Gasteiger partial charge in [0.15, 0.2) is 6.10 Å². The van der Waals surface area contributed by atoms with Gasteiger partial charge in [0.2, 0.25) is 0 Å². The number of esters is 3. The lowest BCUT2D eigenvalue weighted by molar-refractivity contribution is -0.167. The van der Waals surface area contributed by atoms with Gasteiger partial charge in [-0.1, -0.05) is 343 Å². The highest BCUT2D eigenvalue weighted by Crippen LogP contribution is 2.18. The number of hydrogen-bond acceptors (Lipinski definition) is 6. The zero-order valence-electron chi connectivity index (χ0n) is 54.2. The van der Waals surface area contributed by atoms with Crippen LogP contribution in [0.15, 0.2) is 97.2 Å². The van der Waals surface area contributed by atoms with Crippen molar-refractivity contribution in [2.75, 3.05) is 13.2 Å². The Morgan fingerprint density at radius 2 is 0.476 bits per heavy atom. The number of rotatable bonds is 64. The number of ether oxygens (including phenoxy) is 3. The van der Waals surface area contributed by atoms with Gasteiger partial charge in [0.05, 0.1) is 0 Å². The van der Waals surface area contributed by atoms with Crippen LogP contribution in [0.1, 0.15) is 348 Å². The summed E-state index contributed by atoms with van der Waals surface area (Å²) in [4.78, 5) is 38.3. The van der Waals surface area contributed by atoms with Gasteiger partial charge in [-0.2, -0.15) is 0 Å². The van der Waals surface area contributed by atoms with Gasteiger partial charge in [-0.15, -0.1) is 0 Å². The van der Waals surface area contributed by atoms with Gasteiger partial charge in [-0.25, -0.2) is 0 Å². The fourth-order valence-corrected chi connectivity index (χ4v) is 10.1. The number of carbonyl (C=O) groups is 3. The van der Waals surface area contributed by atoms with E-state index in [0.717, 1.165) is 109 Å². The Balaban J connectivity index is 4.19. The Bertz CT molecular complexity index is 1590. The summed E-state index contributed by atoms with van der Waals surface area (Å²) in [6.45, 7) is 6.56. The normalized spacial score (nSPS) is 12.7. The van der Waals surface area contributed by atoms with E-state index >= 15 is 0 Å². The molecule has 6 nitrogen and oxygen atoms in total. The van der Waals surface area contributed by atoms with Crippen LogP contribution in [-0.2, 0) is 28.6 Å². The molecule has 0 bridgehead atoms. The Morgan fingerprint density at radius 1 is 0.256 bits per heavy atom. The predicted molar refractivity (Wildman–Crippen MR) is 357 cm³/mol. The molecule has 0 saturated carbocycles. The number of unbranched alkanes of at least 4 members (excludes halogenated alkanes) is 37. The molecule has 82 heavy (non-hydrogen) atoms. The summed E-state index contributed by atoms with van der Waals surface area (Å²) in [5, 5.41) is 0. The van der Waals surface area contributed by atoms with Crippen LogP contribution >= 0.6 is 0 Å². The Hall–Kier alpha value is -3.67. The molecule has 0 aromatic rings. The molecule has 0 N–H and O–H groups in total. The first kappa shape index (κ1) is 78.3. The molecule has 0 aromatic heterocycles. The van der Waals surface area contributed by atoms with Gasteiger partial charge < -0.3 is 14.2 Å². The van der Waals surface area contributed by atoms with E-state index in [2.05, 4.69) is 118 Å². The first-order valence-electron chi connectivity index (χ1n) is 35.2. The first-order valence-corrected chi connectivity index (χ1v) is 35.2. The molecule has 0 fully saturated rings. The molecule has 0 saturated heterocycles. The SMILES string of the molecule is CC/C=C\C/C=C\C/C=C\C/C=C\C/C=C\C/C=C\C/C=C\C/C=C\CCCCCCCCCCCCC(=O)OCC(COC(=O)CCCCCCCCCCCCCC)OC(=O)CCCCCCCCCCCCCCCCCCC. The average Bonchev–Trinajstić information content (AvgIpc) is 3.47. The minimum atomic E-state index is -0.775. The predicted octanol–water partition coefficient (Wildman–Crippen LogP) is 24.4. The van der Waals surface area contributed by atoms with Crippen LogP contribution in [0.3, 0.4) is 0 Å². The second-order valence-electron chi connectivity index (χ2n) is 23.4. The average molecular weight is 1140 g/mol. The highest BCUT2D eigenvalue weighted by atomic mass is 16.6. The maximum Gasteiger partial charge on any atom is 0.306 e. The molecule has 0 aliphatic rings. The molecule has 0 spiro atoms. The molecule has 0 rings (SSSR count). The van der Waals surface area contributed by atoms with Crippen LogP contribution in [0, 0.1) is 0 Å². The highest BCUT2D eigenvalue weighted by Gasteiger charge is 2.19. The topological polar surface area (TPSA) is 78.9 Å². The highest BCUT2D eigenvalue weighted by molar-refractivity contribution is 5.71. The maximum atomic E-state index is 12.9. The van der Waals surface area contributed by atoms with Crippen molar-refractivity contribution in [1.82, 2.24) is 0 Å². The molecule has 472 valence electrons. The van der Waals surface area contributed by atoms with Crippen LogP contribution in [0.2, 0.25) is 0 Å². The van der Waals surface area contributed by atoms with E-state index in [9.17, 15) is 14.4 Å². The molecule has 1 atom stereocenters. The van der Waals surface area contributed by atoms with Gasteiger partial charge in [0, 0.05) is 19.3 Å². The summed E-state index contributed by atoms with van der Waals surface area (Å²) in [5.74, 6) is -0.858. The maximum absolute atomic E-state index is 12.9. The van der Waals surface area contributed by atoms with Crippen LogP contribution < -0.4 is 0 Å². The van der Waals surface area contributed by atoms with Crippen molar-refractivity contribution in [2.24, 2.45) is 0 Å². The van der Waals surface area contributed by atoms with Crippen molar-refractivity contribution < 1.29 is 28.6 Å². The van der Waals surface area contributed by atoms with E-state index in [1.54, 1.807) is 0 Å². The van der Waals surface area contributed by atoms with Crippen molar-refractivity contribution in [3.8, 4) is 0 Å². The van der Waals surface area contributed by atoms with Crippen LogP contribution in [-0.4, -0.2) is 37.2 Å². The lowest BCUT2D eigenvalue weighted by Crippen LogP contribution is -2.30. The Kier molecular flexibility index (Phi) is 66.7. The molecule has 0 aromatic carbocycles. The molecular formula is C76H132O6. The van der Waals surface area contributed by atoms with Crippen molar-refractivity contribution in [1.29, 1.82) is 0 Å². The number of hydrogen-bond donors (Lipinski definition) is 0. The van der Waals surface area contributed by atoms with Crippen LogP contribution in [0.4, 0.5) is 0 Å². The summed E-state index contributed by atoms with van der Waals surface area (Å²) >= 11 is 0. The summed E-state index contributed by atoms with van der Waals surface area (Å²) in [7, 11) is 0. The summed E-state index contributed by atoms with van der Waals surface area (Å²) in [6, 6.07) is 0. The van der Waals surface area contributed by atoms with Crippen LogP contribution in [0.25, 0.3) is 0 Å². The van der Waals surface area contributed by atoms with Crippen molar-refractivity contribution in [3.63, 3.8) is 0 Å². The summed E-state index contributed by atoms with van der Waals surface area (Å²) < 4.78 is 17.0. The smallest absolute Gasteiger partial charge is 0.306 e. The van der Waals surface area contributed by atoms with Gasteiger partial charge in [0.1, 0.15) is 13.2 Å². The van der Waals surface area contributed by atoms with E-state index in [1.807, 2.05) is 0 Å². The third-order valence-corrected chi connectivity index (χ3v) is 15.4. The van der Waals surface area contributed by atoms with Gasteiger partial charge >= 0.3 is 17.9 Å². The second kappa shape index (κ2) is 69.8. The molecule has 0 amide bonds. The zero-order valence-corrected chi connectivity index (χ0v) is 54.2. The molecule has 0 radical (unpaired) electrons. The molecule has 1 unspecified atom stereocenters. The monoisotopic (exact) mass is 1140 g/mol.